The highest BCUT2D eigenvalue weighted by Crippen LogP contribution is 2.12. The van der Waals surface area contributed by atoms with Gasteiger partial charge in [-0.15, -0.1) is 0 Å². The molecule has 0 fully saturated rings. The van der Waals surface area contributed by atoms with Crippen LogP contribution in [0, 0.1) is 5.92 Å². The number of nitrogens with one attached hydrogen (secondary N) is 1. The topological polar surface area (TPSA) is 49.4 Å². The maximum Gasteiger partial charge on any atom is 0.214 e. The van der Waals surface area contributed by atoms with Crippen molar-refractivity contribution in [3.05, 3.63) is 0 Å². The van der Waals surface area contributed by atoms with Crippen molar-refractivity contribution in [2.75, 3.05) is 18.8 Å². The van der Waals surface area contributed by atoms with Gasteiger partial charge in [0.1, 0.15) is 0 Å². The Bertz CT molecular complexity index is 324. The van der Waals surface area contributed by atoms with Crippen LogP contribution in [0.5, 0.6) is 0 Å². The van der Waals surface area contributed by atoms with E-state index >= 15 is 0 Å². The van der Waals surface area contributed by atoms with Crippen molar-refractivity contribution in [3.63, 3.8) is 0 Å². The maximum atomic E-state index is 12.3. The summed E-state index contributed by atoms with van der Waals surface area (Å²) in [7, 11) is -3.11. The van der Waals surface area contributed by atoms with Crippen molar-refractivity contribution in [1.29, 1.82) is 0 Å². The average Bonchev–Trinajstić information content (AvgIpc) is 2.24. The van der Waals surface area contributed by atoms with E-state index in [-0.39, 0.29) is 11.8 Å². The molecule has 4 nitrogen and oxygen atoms in total. The minimum Gasteiger partial charge on any atom is -0.315 e. The van der Waals surface area contributed by atoms with E-state index in [1.807, 2.05) is 13.8 Å². The predicted molar refractivity (Wildman–Crippen MR) is 82.8 cm³/mol. The summed E-state index contributed by atoms with van der Waals surface area (Å²) < 4.78 is 26.3. The van der Waals surface area contributed by atoms with E-state index in [0.717, 1.165) is 19.4 Å². The Balaban J connectivity index is 4.26. The van der Waals surface area contributed by atoms with Gasteiger partial charge in [0.2, 0.25) is 10.0 Å². The SMILES string of the molecule is CC(C)CN(C(C)C)S(=O)(=O)CCCCNC(C)C. The first kappa shape index (κ1) is 18.9. The van der Waals surface area contributed by atoms with Crippen LogP contribution in [0.3, 0.4) is 0 Å². The van der Waals surface area contributed by atoms with E-state index in [2.05, 4.69) is 33.0 Å². The first-order valence-electron chi connectivity index (χ1n) is 7.39. The van der Waals surface area contributed by atoms with Crippen LogP contribution in [0.2, 0.25) is 0 Å². The molecule has 0 aliphatic heterocycles. The lowest BCUT2D eigenvalue weighted by atomic mass is 10.2. The average molecular weight is 292 g/mol. The molecule has 0 aliphatic rings. The molecule has 0 aromatic heterocycles. The molecule has 1 N–H and O–H groups in total. The van der Waals surface area contributed by atoms with Gasteiger partial charge in [0.05, 0.1) is 5.75 Å². The second kappa shape index (κ2) is 8.93. The fourth-order valence-electron chi connectivity index (χ4n) is 1.92. The standard InChI is InChI=1S/C14H32N2O2S/c1-12(2)11-16(14(5)6)19(17,18)10-8-7-9-15-13(3)4/h12-15H,7-11H2,1-6H3. The third kappa shape index (κ3) is 8.60. The quantitative estimate of drug-likeness (QED) is 0.629. The van der Waals surface area contributed by atoms with Gasteiger partial charge in [-0.25, -0.2) is 8.42 Å². The molecule has 5 heteroatoms. The second-order valence-electron chi connectivity index (χ2n) is 6.19. The molecule has 0 aromatic rings. The van der Waals surface area contributed by atoms with E-state index in [9.17, 15) is 8.42 Å². The summed E-state index contributed by atoms with van der Waals surface area (Å²) in [4.78, 5) is 0. The zero-order chi connectivity index (χ0) is 15.1. The Morgan fingerprint density at radius 3 is 2.00 bits per heavy atom. The van der Waals surface area contributed by atoms with Crippen LogP contribution < -0.4 is 5.32 Å². The van der Waals surface area contributed by atoms with Crippen molar-refractivity contribution < 1.29 is 8.42 Å². The summed E-state index contributed by atoms with van der Waals surface area (Å²) in [5.74, 6) is 0.622. The molecule has 19 heavy (non-hydrogen) atoms. The van der Waals surface area contributed by atoms with Crippen molar-refractivity contribution >= 4 is 10.0 Å². The Labute approximate surface area is 120 Å². The molecule has 0 atom stereocenters. The second-order valence-corrected chi connectivity index (χ2v) is 8.23. The number of hydrogen-bond acceptors (Lipinski definition) is 3. The largest absolute Gasteiger partial charge is 0.315 e. The maximum absolute atomic E-state index is 12.3. The summed E-state index contributed by atoms with van der Waals surface area (Å²) >= 11 is 0. The Morgan fingerprint density at radius 2 is 1.58 bits per heavy atom. The molecule has 0 bridgehead atoms. The monoisotopic (exact) mass is 292 g/mol. The van der Waals surface area contributed by atoms with Crippen LogP contribution in [0.25, 0.3) is 0 Å². The smallest absolute Gasteiger partial charge is 0.214 e. The highest BCUT2D eigenvalue weighted by molar-refractivity contribution is 7.89. The molecule has 0 radical (unpaired) electrons. The van der Waals surface area contributed by atoms with Crippen LogP contribution in [-0.2, 0) is 10.0 Å². The first-order valence-corrected chi connectivity index (χ1v) is 9.00. The molecule has 0 saturated heterocycles. The minimum absolute atomic E-state index is 0.0428. The van der Waals surface area contributed by atoms with Gasteiger partial charge < -0.3 is 5.32 Å². The van der Waals surface area contributed by atoms with Crippen molar-refractivity contribution in [3.8, 4) is 0 Å². The van der Waals surface area contributed by atoms with Gasteiger partial charge in [-0.1, -0.05) is 27.7 Å². The van der Waals surface area contributed by atoms with Crippen molar-refractivity contribution in [2.45, 2.75) is 66.5 Å². The van der Waals surface area contributed by atoms with Gasteiger partial charge in [-0.2, -0.15) is 4.31 Å². The summed E-state index contributed by atoms with van der Waals surface area (Å²) in [6, 6.07) is 0.505. The van der Waals surface area contributed by atoms with Crippen LogP contribution in [-0.4, -0.2) is 43.6 Å². The number of rotatable bonds is 10. The molecule has 0 aromatic carbocycles. The molecule has 0 saturated carbocycles. The van der Waals surface area contributed by atoms with Crippen LogP contribution in [0.1, 0.15) is 54.4 Å². The molecule has 0 amide bonds. The zero-order valence-electron chi connectivity index (χ0n) is 13.4. The van der Waals surface area contributed by atoms with E-state index < -0.39 is 10.0 Å². The molecular formula is C14H32N2O2S. The number of hydrogen-bond donors (Lipinski definition) is 1. The number of sulfonamides is 1. The van der Waals surface area contributed by atoms with Crippen molar-refractivity contribution in [2.24, 2.45) is 5.92 Å². The van der Waals surface area contributed by atoms with Crippen LogP contribution in [0.15, 0.2) is 0 Å². The van der Waals surface area contributed by atoms with E-state index in [0.29, 0.717) is 18.5 Å². The fraction of sp³-hybridized carbons (Fsp3) is 1.00. The summed E-state index contributed by atoms with van der Waals surface area (Å²) in [5, 5.41) is 3.31. The Kier molecular flexibility index (Phi) is 8.86. The van der Waals surface area contributed by atoms with E-state index in [1.165, 1.54) is 0 Å². The Hall–Kier alpha value is -0.130. The van der Waals surface area contributed by atoms with Gasteiger partial charge in [0, 0.05) is 18.6 Å². The minimum atomic E-state index is -3.11. The van der Waals surface area contributed by atoms with Crippen LogP contribution in [0.4, 0.5) is 0 Å². The summed E-state index contributed by atoms with van der Waals surface area (Å²) in [6.45, 7) is 13.7. The lowest BCUT2D eigenvalue weighted by Crippen LogP contribution is -2.40. The highest BCUT2D eigenvalue weighted by Gasteiger charge is 2.24. The zero-order valence-corrected chi connectivity index (χ0v) is 14.3. The van der Waals surface area contributed by atoms with Gasteiger partial charge in [0.25, 0.3) is 0 Å². The highest BCUT2D eigenvalue weighted by atomic mass is 32.2. The number of unbranched alkanes of at least 4 members (excludes halogenated alkanes) is 1. The summed E-state index contributed by atoms with van der Waals surface area (Å²) in [6.07, 6.45) is 1.63. The fourth-order valence-corrected chi connectivity index (χ4v) is 3.89. The molecule has 0 spiro atoms. The lowest BCUT2D eigenvalue weighted by molar-refractivity contribution is 0.318. The third-order valence-electron chi connectivity index (χ3n) is 2.86. The van der Waals surface area contributed by atoms with E-state index in [1.54, 1.807) is 4.31 Å². The van der Waals surface area contributed by atoms with Gasteiger partial charge in [-0.05, 0) is 39.2 Å². The number of nitrogens with zero attached hydrogens (tertiary/aromatic N) is 1. The normalized spacial score (nSPS) is 13.2. The predicted octanol–water partition coefficient (Wildman–Crippen LogP) is 2.46. The molecule has 0 heterocycles. The molecule has 0 aliphatic carbocycles. The van der Waals surface area contributed by atoms with Gasteiger partial charge in [-0.3, -0.25) is 0 Å². The van der Waals surface area contributed by atoms with Crippen molar-refractivity contribution in [1.82, 2.24) is 9.62 Å². The first-order chi connectivity index (χ1) is 8.66. The van der Waals surface area contributed by atoms with Crippen LogP contribution >= 0.6 is 0 Å². The third-order valence-corrected chi connectivity index (χ3v) is 4.95. The summed E-state index contributed by atoms with van der Waals surface area (Å²) in [5.41, 5.74) is 0. The van der Waals surface area contributed by atoms with Gasteiger partial charge in [0.15, 0.2) is 0 Å². The van der Waals surface area contributed by atoms with Gasteiger partial charge >= 0.3 is 0 Å². The molecule has 116 valence electrons. The molecular weight excluding hydrogens is 260 g/mol. The Morgan fingerprint density at radius 1 is 1.00 bits per heavy atom. The van der Waals surface area contributed by atoms with E-state index in [4.69, 9.17) is 0 Å². The molecule has 0 rings (SSSR count). The molecule has 0 unspecified atom stereocenters. The lowest BCUT2D eigenvalue weighted by Gasteiger charge is -2.27.